The zero-order valence-corrected chi connectivity index (χ0v) is 12.4. The van der Waals surface area contributed by atoms with E-state index in [0.717, 1.165) is 12.5 Å². The maximum Gasteiger partial charge on any atom is 0.303 e. The summed E-state index contributed by atoms with van der Waals surface area (Å²) in [4.78, 5) is 10.6. The molecule has 1 aliphatic heterocycles. The van der Waals surface area contributed by atoms with Crippen LogP contribution in [0.1, 0.15) is 25.7 Å². The molecule has 1 saturated heterocycles. The predicted octanol–water partition coefficient (Wildman–Crippen LogP) is 2.09. The Hall–Kier alpha value is -1.47. The van der Waals surface area contributed by atoms with E-state index in [0.29, 0.717) is 25.9 Å². The maximum atomic E-state index is 13.2. The summed E-state index contributed by atoms with van der Waals surface area (Å²) in [6, 6.07) is 4.95. The molecule has 1 aromatic rings. The highest BCUT2D eigenvalue weighted by atomic mass is 32.2. The molecule has 0 amide bonds. The summed E-state index contributed by atoms with van der Waals surface area (Å²) in [6.07, 6.45) is 2.02. The molecule has 1 heterocycles. The Balaban J connectivity index is 2.11. The van der Waals surface area contributed by atoms with E-state index in [1.165, 1.54) is 22.5 Å². The maximum absolute atomic E-state index is 13.2. The normalized spacial score (nSPS) is 20.3. The van der Waals surface area contributed by atoms with Gasteiger partial charge in [-0.2, -0.15) is 4.31 Å². The van der Waals surface area contributed by atoms with Crippen LogP contribution in [0.2, 0.25) is 0 Å². The first-order chi connectivity index (χ1) is 9.89. The molecule has 1 fully saturated rings. The van der Waals surface area contributed by atoms with Gasteiger partial charge >= 0.3 is 5.97 Å². The van der Waals surface area contributed by atoms with Crippen molar-refractivity contribution < 1.29 is 22.7 Å². The van der Waals surface area contributed by atoms with Crippen LogP contribution >= 0.6 is 0 Å². The van der Waals surface area contributed by atoms with Gasteiger partial charge in [0, 0.05) is 19.5 Å². The summed E-state index contributed by atoms with van der Waals surface area (Å²) in [7, 11) is -3.71. The standard InChI is InChI=1S/C14H18FNO4S/c15-12-4-1-5-13(9-12)21(19,20)16-8-2-3-11(10-16)6-7-14(17)18/h1,4-5,9,11H,2-3,6-8,10H2,(H,17,18)/t11-/m1/s1. The smallest absolute Gasteiger partial charge is 0.303 e. The number of carbonyl (C=O) groups is 1. The SMILES string of the molecule is O=C(O)CC[C@H]1CCCN(S(=O)(=O)c2cccc(F)c2)C1. The minimum atomic E-state index is -3.71. The lowest BCUT2D eigenvalue weighted by Gasteiger charge is -2.31. The Morgan fingerprint density at radius 2 is 2.19 bits per heavy atom. The molecule has 1 atom stereocenters. The van der Waals surface area contributed by atoms with Crippen LogP contribution < -0.4 is 0 Å². The van der Waals surface area contributed by atoms with E-state index < -0.39 is 21.8 Å². The molecule has 1 N–H and O–H groups in total. The van der Waals surface area contributed by atoms with E-state index in [1.807, 2.05) is 0 Å². The highest BCUT2D eigenvalue weighted by molar-refractivity contribution is 7.89. The van der Waals surface area contributed by atoms with Crippen molar-refractivity contribution in [2.45, 2.75) is 30.6 Å². The number of rotatable bonds is 5. The van der Waals surface area contributed by atoms with Gasteiger partial charge in [0.2, 0.25) is 10.0 Å². The molecule has 0 bridgehead atoms. The Bertz CT molecular complexity index is 617. The topological polar surface area (TPSA) is 74.7 Å². The minimum absolute atomic E-state index is 0.0400. The third-order valence-electron chi connectivity index (χ3n) is 3.68. The molecule has 0 aromatic heterocycles. The minimum Gasteiger partial charge on any atom is -0.481 e. The van der Waals surface area contributed by atoms with Gasteiger partial charge in [-0.15, -0.1) is 0 Å². The first-order valence-electron chi connectivity index (χ1n) is 6.87. The van der Waals surface area contributed by atoms with Crippen LogP contribution in [0.15, 0.2) is 29.2 Å². The van der Waals surface area contributed by atoms with E-state index >= 15 is 0 Å². The Morgan fingerprint density at radius 1 is 1.43 bits per heavy atom. The fourth-order valence-electron chi connectivity index (χ4n) is 2.58. The number of sulfonamides is 1. The van der Waals surface area contributed by atoms with Gasteiger partial charge in [0.25, 0.3) is 0 Å². The molecule has 2 rings (SSSR count). The number of benzene rings is 1. The molecular weight excluding hydrogens is 297 g/mol. The van der Waals surface area contributed by atoms with E-state index in [4.69, 9.17) is 5.11 Å². The third-order valence-corrected chi connectivity index (χ3v) is 5.54. The van der Waals surface area contributed by atoms with Gasteiger partial charge in [-0.05, 0) is 43.4 Å². The molecule has 0 radical (unpaired) electrons. The first-order valence-corrected chi connectivity index (χ1v) is 8.31. The molecule has 0 saturated carbocycles. The molecule has 0 spiro atoms. The second-order valence-electron chi connectivity index (χ2n) is 5.26. The quantitative estimate of drug-likeness (QED) is 0.903. The van der Waals surface area contributed by atoms with Crippen LogP contribution in [0, 0.1) is 11.7 Å². The summed E-state index contributed by atoms with van der Waals surface area (Å²) < 4.78 is 39.5. The zero-order chi connectivity index (χ0) is 15.5. The van der Waals surface area contributed by atoms with Crippen molar-refractivity contribution in [2.75, 3.05) is 13.1 Å². The number of piperidine rings is 1. The van der Waals surface area contributed by atoms with Crippen LogP contribution in [-0.4, -0.2) is 36.9 Å². The van der Waals surface area contributed by atoms with Crippen molar-refractivity contribution in [3.05, 3.63) is 30.1 Å². The van der Waals surface area contributed by atoms with Crippen molar-refractivity contribution in [1.82, 2.24) is 4.31 Å². The lowest BCUT2D eigenvalue weighted by molar-refractivity contribution is -0.137. The summed E-state index contributed by atoms with van der Waals surface area (Å²) in [5, 5.41) is 8.70. The van der Waals surface area contributed by atoms with Gasteiger partial charge in [-0.3, -0.25) is 4.79 Å². The van der Waals surface area contributed by atoms with Crippen molar-refractivity contribution in [3.63, 3.8) is 0 Å². The highest BCUT2D eigenvalue weighted by Crippen LogP contribution is 2.26. The van der Waals surface area contributed by atoms with Gasteiger partial charge in [0.15, 0.2) is 0 Å². The second-order valence-corrected chi connectivity index (χ2v) is 7.20. The number of halogens is 1. The zero-order valence-electron chi connectivity index (χ0n) is 11.5. The monoisotopic (exact) mass is 315 g/mol. The van der Waals surface area contributed by atoms with Gasteiger partial charge in [0.1, 0.15) is 5.82 Å². The van der Waals surface area contributed by atoms with Crippen molar-refractivity contribution >= 4 is 16.0 Å². The molecule has 7 heteroatoms. The number of hydrogen-bond donors (Lipinski definition) is 1. The molecule has 1 aliphatic rings. The predicted molar refractivity (Wildman–Crippen MR) is 74.8 cm³/mol. The highest BCUT2D eigenvalue weighted by Gasteiger charge is 2.30. The van der Waals surface area contributed by atoms with Gasteiger partial charge in [-0.1, -0.05) is 6.07 Å². The van der Waals surface area contributed by atoms with Crippen LogP contribution in [0.25, 0.3) is 0 Å². The summed E-state index contributed by atoms with van der Waals surface area (Å²) in [6.45, 7) is 0.689. The van der Waals surface area contributed by atoms with Crippen LogP contribution in [-0.2, 0) is 14.8 Å². The van der Waals surface area contributed by atoms with Crippen LogP contribution in [0.3, 0.4) is 0 Å². The van der Waals surface area contributed by atoms with Crippen molar-refractivity contribution in [2.24, 2.45) is 5.92 Å². The second kappa shape index (κ2) is 6.53. The van der Waals surface area contributed by atoms with Gasteiger partial charge in [-0.25, -0.2) is 12.8 Å². The average Bonchev–Trinajstić information content (AvgIpc) is 2.45. The molecule has 116 valence electrons. The summed E-state index contributed by atoms with van der Waals surface area (Å²) in [5.74, 6) is -1.42. The Labute approximate surface area is 123 Å². The van der Waals surface area contributed by atoms with Crippen LogP contribution in [0.5, 0.6) is 0 Å². The van der Waals surface area contributed by atoms with E-state index in [9.17, 15) is 17.6 Å². The number of hydrogen-bond acceptors (Lipinski definition) is 3. The third kappa shape index (κ3) is 4.01. The van der Waals surface area contributed by atoms with E-state index in [-0.39, 0.29) is 17.2 Å². The molecule has 0 unspecified atom stereocenters. The van der Waals surface area contributed by atoms with Gasteiger partial charge < -0.3 is 5.11 Å². The molecule has 21 heavy (non-hydrogen) atoms. The lowest BCUT2D eigenvalue weighted by Crippen LogP contribution is -2.40. The number of aliphatic carboxylic acids is 1. The number of carboxylic acids is 1. The number of nitrogens with zero attached hydrogens (tertiary/aromatic N) is 1. The Kier molecular flexibility index (Phi) is 4.95. The summed E-state index contributed by atoms with van der Waals surface area (Å²) in [5.41, 5.74) is 0. The molecule has 0 aliphatic carbocycles. The number of carboxylic acid groups (broad SMARTS) is 1. The van der Waals surface area contributed by atoms with Crippen molar-refractivity contribution in [1.29, 1.82) is 0 Å². The first kappa shape index (κ1) is 15.9. The molecule has 1 aromatic carbocycles. The van der Waals surface area contributed by atoms with Crippen LogP contribution in [0.4, 0.5) is 4.39 Å². The lowest BCUT2D eigenvalue weighted by atomic mass is 9.95. The van der Waals surface area contributed by atoms with E-state index in [1.54, 1.807) is 0 Å². The fourth-order valence-corrected chi connectivity index (χ4v) is 4.17. The molecular formula is C14H18FNO4S. The largest absolute Gasteiger partial charge is 0.481 e. The molecule has 5 nitrogen and oxygen atoms in total. The van der Waals surface area contributed by atoms with Crippen molar-refractivity contribution in [3.8, 4) is 0 Å². The van der Waals surface area contributed by atoms with E-state index in [2.05, 4.69) is 0 Å². The summed E-state index contributed by atoms with van der Waals surface area (Å²) >= 11 is 0. The Morgan fingerprint density at radius 3 is 2.86 bits per heavy atom. The fraction of sp³-hybridized carbons (Fsp3) is 0.500. The van der Waals surface area contributed by atoms with Gasteiger partial charge in [0.05, 0.1) is 4.90 Å². The average molecular weight is 315 g/mol.